The number of carbonyl (C=O) groups excluding carboxylic acids is 1. The van der Waals surface area contributed by atoms with Gasteiger partial charge in [0.15, 0.2) is 17.7 Å². The Morgan fingerprint density at radius 2 is 1.84 bits per heavy atom. The van der Waals surface area contributed by atoms with Crippen LogP contribution in [0.15, 0.2) is 0 Å². The highest BCUT2D eigenvalue weighted by atomic mass is 17.3. The van der Waals surface area contributed by atoms with Gasteiger partial charge in [0.05, 0.1) is 6.61 Å². The third kappa shape index (κ3) is 3.99. The molecule has 3 fully saturated rings. The summed E-state index contributed by atoms with van der Waals surface area (Å²) < 4.78 is 29.3. The number of unbranched alkanes of at least 4 members (excludes halogenated alkanes) is 2. The van der Waals surface area contributed by atoms with E-state index in [0.717, 1.165) is 19.3 Å². The molecule has 0 N–H and O–H groups in total. The molecule has 0 saturated carbocycles. The minimum atomic E-state index is -1.66. The lowest BCUT2D eigenvalue weighted by Crippen LogP contribution is -2.59. The quantitative estimate of drug-likeness (QED) is 0.406. The normalized spacial score (nSPS) is 38.2. The summed E-state index contributed by atoms with van der Waals surface area (Å²) in [6.45, 7) is 9.36. The second-order valence-electron chi connectivity index (χ2n) is 7.59. The summed E-state index contributed by atoms with van der Waals surface area (Å²) in [6, 6.07) is 0. The van der Waals surface area contributed by atoms with Crippen molar-refractivity contribution in [2.24, 2.45) is 0 Å². The lowest BCUT2D eigenvalue weighted by Gasteiger charge is -2.38. The van der Waals surface area contributed by atoms with Crippen molar-refractivity contribution in [3.63, 3.8) is 0 Å². The lowest BCUT2D eigenvalue weighted by molar-refractivity contribution is -0.501. The zero-order valence-corrected chi connectivity index (χ0v) is 15.5. The van der Waals surface area contributed by atoms with Gasteiger partial charge in [-0.05, 0) is 34.1 Å². The Bertz CT molecular complexity index is 505. The lowest BCUT2D eigenvalue weighted by atomic mass is 10.0. The van der Waals surface area contributed by atoms with Gasteiger partial charge in [0.25, 0.3) is 0 Å². The number of ether oxygens (including phenoxy) is 5. The van der Waals surface area contributed by atoms with E-state index in [1.807, 2.05) is 13.8 Å². The summed E-state index contributed by atoms with van der Waals surface area (Å²) in [6.07, 6.45) is 1.48. The van der Waals surface area contributed by atoms with Crippen LogP contribution in [0.5, 0.6) is 0 Å². The molecule has 0 bridgehead atoms. The average molecular weight is 360 g/mol. The molecule has 8 heteroatoms. The molecule has 0 spiro atoms. The molecular weight excluding hydrogens is 332 g/mol. The summed E-state index contributed by atoms with van der Waals surface area (Å²) >= 11 is 0. The number of carbonyl (C=O) groups is 1. The van der Waals surface area contributed by atoms with Gasteiger partial charge in [-0.3, -0.25) is 9.62 Å². The van der Waals surface area contributed by atoms with Crippen LogP contribution in [0.25, 0.3) is 0 Å². The first-order valence-corrected chi connectivity index (χ1v) is 8.92. The Balaban J connectivity index is 1.68. The molecule has 0 aromatic rings. The van der Waals surface area contributed by atoms with Crippen LogP contribution >= 0.6 is 0 Å². The Labute approximate surface area is 147 Å². The van der Waals surface area contributed by atoms with Crippen molar-refractivity contribution < 1.29 is 38.3 Å². The van der Waals surface area contributed by atoms with Gasteiger partial charge in [-0.25, -0.2) is 4.79 Å². The van der Waals surface area contributed by atoms with E-state index in [9.17, 15) is 4.79 Å². The van der Waals surface area contributed by atoms with Crippen molar-refractivity contribution in [3.05, 3.63) is 0 Å². The molecule has 25 heavy (non-hydrogen) atoms. The van der Waals surface area contributed by atoms with E-state index < -0.39 is 35.7 Å². The average Bonchev–Trinajstić information content (AvgIpc) is 2.97. The van der Waals surface area contributed by atoms with Crippen LogP contribution in [-0.4, -0.2) is 48.4 Å². The molecule has 0 aromatic carbocycles. The van der Waals surface area contributed by atoms with Crippen molar-refractivity contribution in [1.82, 2.24) is 0 Å². The first-order valence-electron chi connectivity index (χ1n) is 8.92. The van der Waals surface area contributed by atoms with E-state index in [1.165, 1.54) is 0 Å². The van der Waals surface area contributed by atoms with Crippen LogP contribution in [0.2, 0.25) is 0 Å². The van der Waals surface area contributed by atoms with Crippen LogP contribution in [0.4, 0.5) is 0 Å². The maximum Gasteiger partial charge on any atom is 0.355 e. The predicted octanol–water partition coefficient (Wildman–Crippen LogP) is 2.40. The van der Waals surface area contributed by atoms with E-state index >= 15 is 0 Å². The second-order valence-corrected chi connectivity index (χ2v) is 7.59. The van der Waals surface area contributed by atoms with Crippen molar-refractivity contribution in [3.8, 4) is 0 Å². The molecule has 0 amide bonds. The van der Waals surface area contributed by atoms with Crippen molar-refractivity contribution in [1.29, 1.82) is 0 Å². The van der Waals surface area contributed by atoms with Gasteiger partial charge in [0.2, 0.25) is 0 Å². The minimum Gasteiger partial charge on any atom is -0.342 e. The SMILES string of the molecule is CCCCCC(=O)OOC12OCC3OC(C)(C)OC3C1OC(C)(C)O2. The summed E-state index contributed by atoms with van der Waals surface area (Å²) in [5.41, 5.74) is 0. The van der Waals surface area contributed by atoms with Gasteiger partial charge in [-0.2, -0.15) is 0 Å². The van der Waals surface area contributed by atoms with Crippen molar-refractivity contribution in [2.75, 3.05) is 6.61 Å². The third-order valence-electron chi connectivity index (χ3n) is 4.35. The smallest absolute Gasteiger partial charge is 0.342 e. The summed E-state index contributed by atoms with van der Waals surface area (Å²) in [4.78, 5) is 22.2. The summed E-state index contributed by atoms with van der Waals surface area (Å²) in [5, 5.41) is 0. The first-order chi connectivity index (χ1) is 11.7. The Kier molecular flexibility index (Phi) is 5.13. The van der Waals surface area contributed by atoms with Crippen LogP contribution in [0.1, 0.15) is 60.3 Å². The first kappa shape index (κ1) is 19.0. The number of rotatable bonds is 6. The minimum absolute atomic E-state index is 0.178. The van der Waals surface area contributed by atoms with E-state index in [1.54, 1.807) is 13.8 Å². The molecule has 3 rings (SSSR count). The Morgan fingerprint density at radius 1 is 1.08 bits per heavy atom. The van der Waals surface area contributed by atoms with Gasteiger partial charge < -0.3 is 18.9 Å². The molecule has 3 aliphatic heterocycles. The molecule has 3 heterocycles. The standard InChI is InChI=1S/C17H28O8/c1-6-7-8-9-12(18)23-25-17-14(22-16(4,5)24-17)13-11(10-19-17)20-15(2,3)21-13/h11,13-14H,6-10H2,1-5H3. The van der Waals surface area contributed by atoms with Crippen LogP contribution in [0, 0.1) is 0 Å². The van der Waals surface area contributed by atoms with Gasteiger partial charge in [0.1, 0.15) is 12.2 Å². The molecule has 144 valence electrons. The van der Waals surface area contributed by atoms with Crippen molar-refractivity contribution in [2.45, 2.75) is 96.2 Å². The number of hydrogen-bond acceptors (Lipinski definition) is 8. The van der Waals surface area contributed by atoms with Gasteiger partial charge in [0, 0.05) is 6.42 Å². The molecule has 0 aliphatic carbocycles. The maximum absolute atomic E-state index is 11.9. The highest BCUT2D eigenvalue weighted by molar-refractivity contribution is 5.68. The summed E-state index contributed by atoms with van der Waals surface area (Å²) in [5.74, 6) is -3.87. The fraction of sp³-hybridized carbons (Fsp3) is 0.941. The fourth-order valence-corrected chi connectivity index (χ4v) is 3.38. The largest absolute Gasteiger partial charge is 0.355 e. The number of fused-ring (bicyclic) bond motifs is 3. The Hall–Kier alpha value is -0.770. The van der Waals surface area contributed by atoms with E-state index in [2.05, 4.69) is 6.92 Å². The topological polar surface area (TPSA) is 81.7 Å². The highest BCUT2D eigenvalue weighted by Gasteiger charge is 2.68. The maximum atomic E-state index is 11.9. The molecule has 4 atom stereocenters. The summed E-state index contributed by atoms with van der Waals surface area (Å²) in [7, 11) is 0. The molecule has 3 aliphatic rings. The van der Waals surface area contributed by atoms with E-state index in [4.69, 9.17) is 33.5 Å². The van der Waals surface area contributed by atoms with Gasteiger partial charge >= 0.3 is 11.9 Å². The molecular formula is C17H28O8. The molecule has 3 saturated heterocycles. The van der Waals surface area contributed by atoms with Crippen LogP contribution in [-0.2, 0) is 38.3 Å². The Morgan fingerprint density at radius 3 is 2.56 bits per heavy atom. The fourth-order valence-electron chi connectivity index (χ4n) is 3.38. The zero-order chi connectivity index (χ0) is 18.3. The van der Waals surface area contributed by atoms with Crippen LogP contribution in [0.3, 0.4) is 0 Å². The predicted molar refractivity (Wildman–Crippen MR) is 83.9 cm³/mol. The van der Waals surface area contributed by atoms with Crippen molar-refractivity contribution >= 4 is 5.97 Å². The van der Waals surface area contributed by atoms with Gasteiger partial charge in [-0.1, -0.05) is 19.8 Å². The molecule has 8 nitrogen and oxygen atoms in total. The number of hydrogen-bond donors (Lipinski definition) is 0. The molecule has 0 aromatic heterocycles. The van der Waals surface area contributed by atoms with Gasteiger partial charge in [-0.15, -0.1) is 4.89 Å². The van der Waals surface area contributed by atoms with E-state index in [-0.39, 0.29) is 19.1 Å². The third-order valence-corrected chi connectivity index (χ3v) is 4.35. The second kappa shape index (κ2) is 6.75. The monoisotopic (exact) mass is 360 g/mol. The zero-order valence-electron chi connectivity index (χ0n) is 15.5. The highest BCUT2D eigenvalue weighted by Crippen LogP contribution is 2.48. The van der Waals surface area contributed by atoms with E-state index in [0.29, 0.717) is 0 Å². The van der Waals surface area contributed by atoms with Crippen LogP contribution < -0.4 is 0 Å². The molecule has 4 unspecified atom stereocenters. The molecule has 0 radical (unpaired) electrons.